The molecule has 114 valence electrons. The fourth-order valence-electron chi connectivity index (χ4n) is 3.87. The molecule has 0 N–H and O–H groups in total. The molecule has 0 heterocycles. The van der Waals surface area contributed by atoms with Crippen molar-refractivity contribution in [3.8, 4) is 0 Å². The molecule has 5 atom stereocenters. The maximum absolute atomic E-state index is 2.56. The molecule has 1 saturated carbocycles. The van der Waals surface area contributed by atoms with Crippen molar-refractivity contribution in [3.05, 3.63) is 0 Å². The van der Waals surface area contributed by atoms with Crippen molar-refractivity contribution in [1.82, 2.24) is 0 Å². The van der Waals surface area contributed by atoms with E-state index in [2.05, 4.69) is 48.5 Å². The summed E-state index contributed by atoms with van der Waals surface area (Å²) in [6, 6.07) is 0. The second-order valence-corrected chi connectivity index (χ2v) is 8.14. The summed E-state index contributed by atoms with van der Waals surface area (Å²) in [5.41, 5.74) is 0.667. The van der Waals surface area contributed by atoms with E-state index in [4.69, 9.17) is 0 Å². The van der Waals surface area contributed by atoms with Gasteiger partial charge in [0, 0.05) is 0 Å². The molecule has 0 radical (unpaired) electrons. The van der Waals surface area contributed by atoms with E-state index in [1.54, 1.807) is 0 Å². The van der Waals surface area contributed by atoms with Gasteiger partial charge in [0.2, 0.25) is 0 Å². The lowest BCUT2D eigenvalue weighted by Gasteiger charge is -2.26. The first kappa shape index (κ1) is 17.1. The van der Waals surface area contributed by atoms with E-state index in [0.717, 1.165) is 29.6 Å². The Morgan fingerprint density at radius 3 is 2.11 bits per heavy atom. The van der Waals surface area contributed by atoms with Crippen LogP contribution in [0, 0.1) is 35.0 Å². The molecule has 0 aromatic heterocycles. The minimum absolute atomic E-state index is 0.667. The molecule has 0 heteroatoms. The van der Waals surface area contributed by atoms with E-state index in [1.807, 2.05) is 0 Å². The smallest absolute Gasteiger partial charge is 0.0266 e. The van der Waals surface area contributed by atoms with E-state index in [1.165, 1.54) is 38.5 Å². The highest BCUT2D eigenvalue weighted by Gasteiger charge is 2.55. The average molecular weight is 267 g/mol. The average Bonchev–Trinajstić information content (AvgIpc) is 3.06. The van der Waals surface area contributed by atoms with Gasteiger partial charge in [0.25, 0.3) is 0 Å². The van der Waals surface area contributed by atoms with Crippen molar-refractivity contribution < 1.29 is 0 Å². The fraction of sp³-hybridized carbons (Fsp3) is 1.00. The van der Waals surface area contributed by atoms with Crippen LogP contribution in [0.25, 0.3) is 0 Å². The van der Waals surface area contributed by atoms with Crippen molar-refractivity contribution in [2.45, 2.75) is 87.0 Å². The highest BCUT2D eigenvalue weighted by atomic mass is 14.6. The first-order chi connectivity index (χ1) is 8.82. The van der Waals surface area contributed by atoms with Crippen LogP contribution >= 0.6 is 0 Å². The molecular weight excluding hydrogens is 228 g/mol. The minimum Gasteiger partial charge on any atom is -0.0651 e. The molecule has 0 aromatic rings. The van der Waals surface area contributed by atoms with E-state index in [0.29, 0.717) is 5.41 Å². The molecule has 0 spiro atoms. The monoisotopic (exact) mass is 266 g/mol. The van der Waals surface area contributed by atoms with Crippen LogP contribution in [0.1, 0.15) is 87.0 Å². The predicted molar refractivity (Wildman–Crippen MR) is 87.3 cm³/mol. The van der Waals surface area contributed by atoms with Gasteiger partial charge in [0.05, 0.1) is 0 Å². The maximum atomic E-state index is 2.56. The molecule has 0 amide bonds. The molecule has 19 heavy (non-hydrogen) atoms. The topological polar surface area (TPSA) is 0 Å². The van der Waals surface area contributed by atoms with Gasteiger partial charge in [-0.05, 0) is 41.4 Å². The Kier molecular flexibility index (Phi) is 6.40. The maximum Gasteiger partial charge on any atom is -0.0266 e. The lowest BCUT2D eigenvalue weighted by molar-refractivity contribution is 0.235. The second-order valence-electron chi connectivity index (χ2n) is 8.14. The zero-order valence-corrected chi connectivity index (χ0v) is 14.6. The van der Waals surface area contributed by atoms with Gasteiger partial charge in [-0.15, -0.1) is 0 Å². The minimum atomic E-state index is 0.667. The summed E-state index contributed by atoms with van der Waals surface area (Å²) in [6.07, 6.45) is 8.58. The zero-order chi connectivity index (χ0) is 14.6. The zero-order valence-electron chi connectivity index (χ0n) is 14.6. The molecule has 5 unspecified atom stereocenters. The highest BCUT2D eigenvalue weighted by molar-refractivity contribution is 5.04. The standard InChI is InChI=1S/C19H38/c1-8-15(4)17(6)18-13-19(18,7)16(5)12-10-9-11-14(2)3/h14-18H,8-13H2,1-7H3. The molecule has 0 bridgehead atoms. The van der Waals surface area contributed by atoms with E-state index in [-0.39, 0.29) is 0 Å². The van der Waals surface area contributed by atoms with E-state index in [9.17, 15) is 0 Å². The Balaban J connectivity index is 2.31. The third-order valence-electron chi connectivity index (χ3n) is 6.32. The van der Waals surface area contributed by atoms with Crippen LogP contribution in [0.4, 0.5) is 0 Å². The van der Waals surface area contributed by atoms with Crippen LogP contribution in [-0.2, 0) is 0 Å². The van der Waals surface area contributed by atoms with Crippen LogP contribution < -0.4 is 0 Å². The first-order valence-electron chi connectivity index (χ1n) is 8.82. The highest BCUT2D eigenvalue weighted by Crippen LogP contribution is 2.63. The molecule has 0 nitrogen and oxygen atoms in total. The van der Waals surface area contributed by atoms with Gasteiger partial charge in [-0.25, -0.2) is 0 Å². The molecule has 1 aliphatic carbocycles. The van der Waals surface area contributed by atoms with Gasteiger partial charge in [-0.2, -0.15) is 0 Å². The third kappa shape index (κ3) is 4.50. The van der Waals surface area contributed by atoms with Gasteiger partial charge in [0.15, 0.2) is 0 Å². The molecule has 1 aliphatic rings. The van der Waals surface area contributed by atoms with Gasteiger partial charge >= 0.3 is 0 Å². The third-order valence-corrected chi connectivity index (χ3v) is 6.32. The Hall–Kier alpha value is 0. The summed E-state index contributed by atoms with van der Waals surface area (Å²) in [6.45, 7) is 17.0. The van der Waals surface area contributed by atoms with Crippen LogP contribution in [0.15, 0.2) is 0 Å². The van der Waals surface area contributed by atoms with Gasteiger partial charge in [-0.1, -0.05) is 80.6 Å². The van der Waals surface area contributed by atoms with E-state index >= 15 is 0 Å². The second kappa shape index (κ2) is 7.14. The summed E-state index contributed by atoms with van der Waals surface area (Å²) in [5, 5.41) is 0. The molecule has 0 aromatic carbocycles. The quantitative estimate of drug-likeness (QED) is 0.415. The van der Waals surface area contributed by atoms with Crippen molar-refractivity contribution in [3.63, 3.8) is 0 Å². The van der Waals surface area contributed by atoms with Crippen molar-refractivity contribution in [2.75, 3.05) is 0 Å². The van der Waals surface area contributed by atoms with E-state index < -0.39 is 0 Å². The van der Waals surface area contributed by atoms with Crippen molar-refractivity contribution >= 4 is 0 Å². The number of hydrogen-bond acceptors (Lipinski definition) is 0. The summed E-state index contributed by atoms with van der Waals surface area (Å²) < 4.78 is 0. The number of unbranched alkanes of at least 4 members (excludes halogenated alkanes) is 1. The summed E-state index contributed by atoms with van der Waals surface area (Å²) in [5.74, 6) is 4.64. The van der Waals surface area contributed by atoms with Crippen LogP contribution in [0.2, 0.25) is 0 Å². The number of hydrogen-bond donors (Lipinski definition) is 0. The molecule has 1 fully saturated rings. The Labute approximate surface area is 122 Å². The molecule has 0 aliphatic heterocycles. The summed E-state index contributed by atoms with van der Waals surface area (Å²) in [4.78, 5) is 0. The predicted octanol–water partition coefficient (Wildman–Crippen LogP) is 6.55. The van der Waals surface area contributed by atoms with Gasteiger partial charge < -0.3 is 0 Å². The largest absolute Gasteiger partial charge is 0.0651 e. The van der Waals surface area contributed by atoms with Crippen molar-refractivity contribution in [2.24, 2.45) is 35.0 Å². The molecule has 0 saturated heterocycles. The van der Waals surface area contributed by atoms with Gasteiger partial charge in [-0.3, -0.25) is 0 Å². The lowest BCUT2D eigenvalue weighted by atomic mass is 9.79. The Morgan fingerprint density at radius 2 is 1.58 bits per heavy atom. The van der Waals surface area contributed by atoms with Crippen LogP contribution in [0.5, 0.6) is 0 Å². The summed E-state index contributed by atoms with van der Waals surface area (Å²) >= 11 is 0. The van der Waals surface area contributed by atoms with Crippen molar-refractivity contribution in [1.29, 1.82) is 0 Å². The first-order valence-corrected chi connectivity index (χ1v) is 8.82. The normalized spacial score (nSPS) is 31.3. The fourth-order valence-corrected chi connectivity index (χ4v) is 3.87. The number of rotatable bonds is 9. The lowest BCUT2D eigenvalue weighted by Crippen LogP contribution is -2.18. The SMILES string of the molecule is CCC(C)C(C)C1CC1(C)C(C)CCCCC(C)C. The van der Waals surface area contributed by atoms with Crippen LogP contribution in [0.3, 0.4) is 0 Å². The Morgan fingerprint density at radius 1 is 1.00 bits per heavy atom. The van der Waals surface area contributed by atoms with Crippen LogP contribution in [-0.4, -0.2) is 0 Å². The van der Waals surface area contributed by atoms with Gasteiger partial charge in [0.1, 0.15) is 0 Å². The molecular formula is C19H38. The molecule has 1 rings (SSSR count). The summed E-state index contributed by atoms with van der Waals surface area (Å²) in [7, 11) is 0. The Bertz CT molecular complexity index is 255.